The minimum Gasteiger partial charge on any atom is -0.487 e. The molecule has 0 spiro atoms. The normalized spacial score (nSPS) is 10.5. The zero-order chi connectivity index (χ0) is 12.1. The van der Waals surface area contributed by atoms with E-state index in [4.69, 9.17) is 10.5 Å². The molecule has 0 unspecified atom stereocenters. The third-order valence-electron chi connectivity index (χ3n) is 2.50. The highest BCUT2D eigenvalue weighted by atomic mass is 16.6. The first-order valence-corrected chi connectivity index (χ1v) is 5.50. The number of nitrogens with zero attached hydrogens (tertiary/aromatic N) is 2. The van der Waals surface area contributed by atoms with Gasteiger partial charge in [0.25, 0.3) is 0 Å². The van der Waals surface area contributed by atoms with Gasteiger partial charge in [0.15, 0.2) is 0 Å². The van der Waals surface area contributed by atoms with Crippen molar-refractivity contribution in [2.24, 2.45) is 5.73 Å². The van der Waals surface area contributed by atoms with Crippen LogP contribution in [0.1, 0.15) is 17.0 Å². The summed E-state index contributed by atoms with van der Waals surface area (Å²) < 4.78 is 10.3. The van der Waals surface area contributed by atoms with Crippen molar-refractivity contribution in [2.75, 3.05) is 6.54 Å². The van der Waals surface area contributed by atoms with Gasteiger partial charge < -0.3 is 10.5 Å². The quantitative estimate of drug-likeness (QED) is 0.846. The predicted octanol–water partition coefficient (Wildman–Crippen LogP) is 1.46. The fourth-order valence-electron chi connectivity index (χ4n) is 1.53. The van der Waals surface area contributed by atoms with Gasteiger partial charge in [-0.15, -0.1) is 0 Å². The van der Waals surface area contributed by atoms with E-state index in [9.17, 15) is 0 Å². The molecule has 1 heterocycles. The Morgan fingerprint density at radius 2 is 2.12 bits per heavy atom. The highest BCUT2D eigenvalue weighted by molar-refractivity contribution is 5.33. The summed E-state index contributed by atoms with van der Waals surface area (Å²) in [7, 11) is 0. The Morgan fingerprint density at radius 3 is 2.82 bits per heavy atom. The van der Waals surface area contributed by atoms with Crippen molar-refractivity contribution in [3.63, 3.8) is 0 Å². The standard InChI is InChI=1S/C12H15N3O2/c1-9-11(15-17-14-9)8-16-12-5-3-2-4-10(12)6-7-13/h2-5H,6-8,13H2,1H3. The molecule has 0 fully saturated rings. The fourth-order valence-corrected chi connectivity index (χ4v) is 1.53. The van der Waals surface area contributed by atoms with Crippen molar-refractivity contribution >= 4 is 0 Å². The number of nitrogens with two attached hydrogens (primary N) is 1. The van der Waals surface area contributed by atoms with Crippen LogP contribution < -0.4 is 10.5 Å². The molecule has 2 aromatic rings. The molecule has 0 aliphatic heterocycles. The lowest BCUT2D eigenvalue weighted by molar-refractivity contribution is 0.268. The van der Waals surface area contributed by atoms with Crippen LogP contribution >= 0.6 is 0 Å². The maximum Gasteiger partial charge on any atom is 0.145 e. The third kappa shape index (κ3) is 2.82. The van der Waals surface area contributed by atoms with Crippen LogP contribution in [0.3, 0.4) is 0 Å². The summed E-state index contributed by atoms with van der Waals surface area (Å²) >= 11 is 0. The summed E-state index contributed by atoms with van der Waals surface area (Å²) in [5.74, 6) is 0.834. The van der Waals surface area contributed by atoms with E-state index in [-0.39, 0.29) is 0 Å². The molecule has 5 heteroatoms. The molecule has 5 nitrogen and oxygen atoms in total. The van der Waals surface area contributed by atoms with Crippen LogP contribution in [0.5, 0.6) is 5.75 Å². The van der Waals surface area contributed by atoms with Gasteiger partial charge in [-0.05, 0) is 31.5 Å². The Kier molecular flexibility index (Phi) is 3.72. The van der Waals surface area contributed by atoms with Crippen LogP contribution in [0.15, 0.2) is 28.9 Å². The summed E-state index contributed by atoms with van der Waals surface area (Å²) in [5, 5.41) is 7.47. The number of ether oxygens (including phenoxy) is 1. The van der Waals surface area contributed by atoms with Gasteiger partial charge in [0.05, 0.1) is 0 Å². The zero-order valence-corrected chi connectivity index (χ0v) is 9.72. The first-order chi connectivity index (χ1) is 8.31. The average Bonchev–Trinajstić information content (AvgIpc) is 2.74. The van der Waals surface area contributed by atoms with Crippen molar-refractivity contribution in [2.45, 2.75) is 20.0 Å². The SMILES string of the molecule is Cc1nonc1COc1ccccc1CCN. The van der Waals surface area contributed by atoms with Gasteiger partial charge in [0.1, 0.15) is 23.7 Å². The Hall–Kier alpha value is -1.88. The van der Waals surface area contributed by atoms with Crippen LogP contribution in [0.4, 0.5) is 0 Å². The summed E-state index contributed by atoms with van der Waals surface area (Å²) in [6.07, 6.45) is 0.798. The van der Waals surface area contributed by atoms with E-state index in [1.807, 2.05) is 31.2 Å². The van der Waals surface area contributed by atoms with Crippen molar-refractivity contribution in [1.82, 2.24) is 10.3 Å². The van der Waals surface area contributed by atoms with E-state index in [0.717, 1.165) is 23.4 Å². The second-order valence-corrected chi connectivity index (χ2v) is 3.73. The second kappa shape index (κ2) is 5.45. The molecule has 1 aromatic carbocycles. The summed E-state index contributed by atoms with van der Waals surface area (Å²) in [5.41, 5.74) is 8.12. The number of hydrogen-bond acceptors (Lipinski definition) is 5. The van der Waals surface area contributed by atoms with Gasteiger partial charge in [-0.25, -0.2) is 4.63 Å². The predicted molar refractivity (Wildman–Crippen MR) is 62.6 cm³/mol. The summed E-state index contributed by atoms with van der Waals surface area (Å²) in [4.78, 5) is 0. The molecular formula is C12H15N3O2. The van der Waals surface area contributed by atoms with Gasteiger partial charge in [-0.2, -0.15) is 0 Å². The number of para-hydroxylation sites is 1. The van der Waals surface area contributed by atoms with E-state index in [1.165, 1.54) is 0 Å². The molecule has 90 valence electrons. The Balaban J connectivity index is 2.06. The van der Waals surface area contributed by atoms with Gasteiger partial charge >= 0.3 is 0 Å². The van der Waals surface area contributed by atoms with Crippen LogP contribution in [0, 0.1) is 6.92 Å². The van der Waals surface area contributed by atoms with Crippen molar-refractivity contribution in [3.05, 3.63) is 41.2 Å². The topological polar surface area (TPSA) is 74.2 Å². The first-order valence-electron chi connectivity index (χ1n) is 5.50. The monoisotopic (exact) mass is 233 g/mol. The smallest absolute Gasteiger partial charge is 0.145 e. The highest BCUT2D eigenvalue weighted by Crippen LogP contribution is 2.19. The van der Waals surface area contributed by atoms with Crippen LogP contribution in [-0.4, -0.2) is 16.9 Å². The Labute approximate surface area is 99.5 Å². The van der Waals surface area contributed by atoms with Crippen LogP contribution in [0.2, 0.25) is 0 Å². The largest absolute Gasteiger partial charge is 0.487 e. The average molecular weight is 233 g/mol. The summed E-state index contributed by atoms with van der Waals surface area (Å²) in [6.45, 7) is 2.79. The molecule has 0 atom stereocenters. The third-order valence-corrected chi connectivity index (χ3v) is 2.50. The van der Waals surface area contributed by atoms with E-state index in [0.29, 0.717) is 18.8 Å². The number of aromatic nitrogens is 2. The molecule has 2 N–H and O–H groups in total. The van der Waals surface area contributed by atoms with Crippen LogP contribution in [-0.2, 0) is 13.0 Å². The Morgan fingerprint density at radius 1 is 1.29 bits per heavy atom. The van der Waals surface area contributed by atoms with Crippen molar-refractivity contribution < 1.29 is 9.37 Å². The molecule has 0 amide bonds. The second-order valence-electron chi connectivity index (χ2n) is 3.73. The molecule has 2 rings (SSSR count). The minimum absolute atomic E-state index is 0.358. The Bertz CT molecular complexity index is 482. The lowest BCUT2D eigenvalue weighted by Gasteiger charge is -2.09. The van der Waals surface area contributed by atoms with E-state index in [1.54, 1.807) is 0 Å². The number of hydrogen-bond donors (Lipinski definition) is 1. The molecule has 17 heavy (non-hydrogen) atoms. The molecule has 0 saturated carbocycles. The molecule has 1 aromatic heterocycles. The fraction of sp³-hybridized carbons (Fsp3) is 0.333. The van der Waals surface area contributed by atoms with Gasteiger partial charge in [-0.1, -0.05) is 28.5 Å². The summed E-state index contributed by atoms with van der Waals surface area (Å²) in [6, 6.07) is 7.84. The van der Waals surface area contributed by atoms with Gasteiger partial charge in [0.2, 0.25) is 0 Å². The number of rotatable bonds is 5. The number of aryl methyl sites for hydroxylation is 1. The molecule has 0 radical (unpaired) electrons. The molecule has 0 aliphatic carbocycles. The zero-order valence-electron chi connectivity index (χ0n) is 9.72. The van der Waals surface area contributed by atoms with E-state index in [2.05, 4.69) is 14.9 Å². The molecule has 0 aliphatic rings. The van der Waals surface area contributed by atoms with Crippen molar-refractivity contribution in [3.8, 4) is 5.75 Å². The van der Waals surface area contributed by atoms with Crippen LogP contribution in [0.25, 0.3) is 0 Å². The molecule has 0 bridgehead atoms. The lowest BCUT2D eigenvalue weighted by Crippen LogP contribution is -2.05. The highest BCUT2D eigenvalue weighted by Gasteiger charge is 2.07. The van der Waals surface area contributed by atoms with Gasteiger partial charge in [-0.3, -0.25) is 0 Å². The first kappa shape index (κ1) is 11.6. The lowest BCUT2D eigenvalue weighted by atomic mass is 10.1. The molecule has 0 saturated heterocycles. The minimum atomic E-state index is 0.358. The molecular weight excluding hydrogens is 218 g/mol. The van der Waals surface area contributed by atoms with E-state index >= 15 is 0 Å². The van der Waals surface area contributed by atoms with Gasteiger partial charge in [0, 0.05) is 0 Å². The van der Waals surface area contributed by atoms with E-state index < -0.39 is 0 Å². The maximum atomic E-state index is 5.70. The maximum absolute atomic E-state index is 5.70. The number of benzene rings is 1. The van der Waals surface area contributed by atoms with Crippen molar-refractivity contribution in [1.29, 1.82) is 0 Å².